The zero-order valence-corrected chi connectivity index (χ0v) is 22.0. The van der Waals surface area contributed by atoms with E-state index < -0.39 is 51.7 Å². The SMILES string of the molecule is CC(C)(C)OC(=O)N1C(=S)N(c2ccc(C#N)c(C(F)(F)F)c2)C(=O)[C@@]1(C)[C@@H](O)c1ccc(Br)cc1. The summed E-state index contributed by atoms with van der Waals surface area (Å²) in [6.45, 7) is 6.01. The number of anilines is 1. The molecule has 1 heterocycles. The first-order chi connectivity index (χ1) is 16.5. The summed E-state index contributed by atoms with van der Waals surface area (Å²) in [7, 11) is 0. The molecule has 1 aliphatic rings. The van der Waals surface area contributed by atoms with Crippen molar-refractivity contribution in [3.05, 3.63) is 63.6 Å². The third-order valence-electron chi connectivity index (χ3n) is 5.46. The Balaban J connectivity index is 2.20. The molecule has 0 unspecified atom stereocenters. The Morgan fingerprint density at radius 1 is 1.19 bits per heavy atom. The maximum atomic E-state index is 13.8. The van der Waals surface area contributed by atoms with Crippen LogP contribution in [0.4, 0.5) is 23.7 Å². The van der Waals surface area contributed by atoms with Crippen molar-refractivity contribution in [2.24, 2.45) is 0 Å². The van der Waals surface area contributed by atoms with Gasteiger partial charge in [-0.3, -0.25) is 9.69 Å². The van der Waals surface area contributed by atoms with Gasteiger partial charge in [0.1, 0.15) is 11.7 Å². The van der Waals surface area contributed by atoms with Crippen molar-refractivity contribution in [2.75, 3.05) is 4.90 Å². The number of nitrogens with zero attached hydrogens (tertiary/aromatic N) is 3. The van der Waals surface area contributed by atoms with Crippen molar-refractivity contribution in [1.29, 1.82) is 5.26 Å². The lowest BCUT2D eigenvalue weighted by atomic mass is 9.88. The number of amides is 2. The Labute approximate surface area is 219 Å². The first-order valence-electron chi connectivity index (χ1n) is 10.5. The van der Waals surface area contributed by atoms with Gasteiger partial charge in [0.05, 0.1) is 22.9 Å². The molecule has 1 saturated heterocycles. The van der Waals surface area contributed by atoms with E-state index in [0.717, 1.165) is 21.9 Å². The minimum Gasteiger partial charge on any atom is -0.443 e. The number of hydrogen-bond acceptors (Lipinski definition) is 6. The van der Waals surface area contributed by atoms with E-state index in [9.17, 15) is 27.9 Å². The van der Waals surface area contributed by atoms with Gasteiger partial charge in [0, 0.05) is 4.47 Å². The van der Waals surface area contributed by atoms with Gasteiger partial charge in [0.15, 0.2) is 10.7 Å². The molecule has 2 atom stereocenters. The predicted octanol–water partition coefficient (Wildman–Crippen LogP) is 5.70. The monoisotopic (exact) mass is 583 g/mol. The van der Waals surface area contributed by atoms with E-state index in [4.69, 9.17) is 22.2 Å². The Kier molecular flexibility index (Phi) is 7.25. The molecule has 0 aliphatic carbocycles. The topological polar surface area (TPSA) is 93.9 Å². The molecule has 0 radical (unpaired) electrons. The zero-order chi connectivity index (χ0) is 27.2. The van der Waals surface area contributed by atoms with Gasteiger partial charge >= 0.3 is 12.3 Å². The largest absolute Gasteiger partial charge is 0.443 e. The van der Waals surface area contributed by atoms with Crippen LogP contribution in [-0.2, 0) is 15.7 Å². The fourth-order valence-electron chi connectivity index (χ4n) is 3.72. The highest BCUT2D eigenvalue weighted by molar-refractivity contribution is 9.10. The van der Waals surface area contributed by atoms with Crippen molar-refractivity contribution in [3.63, 3.8) is 0 Å². The molecule has 0 bridgehead atoms. The van der Waals surface area contributed by atoms with Crippen LogP contribution in [0.2, 0.25) is 0 Å². The highest BCUT2D eigenvalue weighted by Crippen LogP contribution is 2.43. The molecule has 0 aromatic heterocycles. The van der Waals surface area contributed by atoms with Crippen LogP contribution in [0.5, 0.6) is 0 Å². The Bertz CT molecular complexity index is 1270. The lowest BCUT2D eigenvalue weighted by Gasteiger charge is -2.36. The highest BCUT2D eigenvalue weighted by Gasteiger charge is 2.61. The van der Waals surface area contributed by atoms with Crippen LogP contribution in [0.3, 0.4) is 0 Å². The number of benzene rings is 2. The molecule has 0 saturated carbocycles. The Morgan fingerprint density at radius 2 is 1.78 bits per heavy atom. The fourth-order valence-corrected chi connectivity index (χ4v) is 4.44. The predicted molar refractivity (Wildman–Crippen MR) is 132 cm³/mol. The van der Waals surface area contributed by atoms with E-state index in [1.807, 2.05) is 0 Å². The molecule has 3 rings (SSSR count). The summed E-state index contributed by atoms with van der Waals surface area (Å²) in [5.41, 5.74) is -5.07. The van der Waals surface area contributed by atoms with E-state index in [2.05, 4.69) is 15.9 Å². The van der Waals surface area contributed by atoms with Gasteiger partial charge < -0.3 is 9.84 Å². The quantitative estimate of drug-likeness (QED) is 0.466. The number of aliphatic hydroxyl groups is 1. The number of halogens is 4. The number of carbonyl (C=O) groups excluding carboxylic acids is 2. The lowest BCUT2D eigenvalue weighted by Crippen LogP contribution is -2.55. The van der Waals surface area contributed by atoms with Crippen LogP contribution in [0.15, 0.2) is 46.9 Å². The first-order valence-corrected chi connectivity index (χ1v) is 11.7. The van der Waals surface area contributed by atoms with Gasteiger partial charge in [0.2, 0.25) is 0 Å². The van der Waals surface area contributed by atoms with Crippen molar-refractivity contribution >= 4 is 50.9 Å². The second-order valence-corrected chi connectivity index (χ2v) is 10.5. The molecule has 1 fully saturated rings. The average Bonchev–Trinajstić information content (AvgIpc) is 2.97. The molecule has 12 heteroatoms. The van der Waals surface area contributed by atoms with Gasteiger partial charge in [0.25, 0.3) is 5.91 Å². The summed E-state index contributed by atoms with van der Waals surface area (Å²) >= 11 is 8.67. The van der Waals surface area contributed by atoms with E-state index in [1.165, 1.54) is 25.1 Å². The summed E-state index contributed by atoms with van der Waals surface area (Å²) in [6.07, 6.45) is -7.59. The lowest BCUT2D eigenvalue weighted by molar-refractivity contribution is -0.137. The number of aliphatic hydroxyl groups excluding tert-OH is 1. The highest BCUT2D eigenvalue weighted by atomic mass is 79.9. The van der Waals surface area contributed by atoms with Crippen LogP contribution in [0.1, 0.15) is 50.5 Å². The van der Waals surface area contributed by atoms with E-state index >= 15 is 0 Å². The Hall–Kier alpha value is -3.01. The number of thiocarbonyl (C=S) groups is 1. The molecule has 0 spiro atoms. The van der Waals surface area contributed by atoms with Crippen LogP contribution in [-0.4, -0.2) is 38.3 Å². The molecule has 2 amide bonds. The minimum absolute atomic E-state index is 0.253. The second-order valence-electron chi connectivity index (χ2n) is 9.18. The third-order valence-corrected chi connectivity index (χ3v) is 6.36. The van der Waals surface area contributed by atoms with Gasteiger partial charge in [-0.15, -0.1) is 0 Å². The smallest absolute Gasteiger partial charge is 0.417 e. The van der Waals surface area contributed by atoms with Crippen molar-refractivity contribution in [1.82, 2.24) is 4.90 Å². The van der Waals surface area contributed by atoms with Crippen LogP contribution >= 0.6 is 28.1 Å². The van der Waals surface area contributed by atoms with Crippen molar-refractivity contribution in [3.8, 4) is 6.07 Å². The van der Waals surface area contributed by atoms with Gasteiger partial charge in [-0.1, -0.05) is 28.1 Å². The van der Waals surface area contributed by atoms with E-state index in [1.54, 1.807) is 32.9 Å². The normalized spacial score (nSPS) is 19.3. The standard InChI is InChI=1S/C24H21BrF3N3O4S/c1-22(2,3)35-21(34)31-20(36)30(16-10-7-14(12-29)17(11-16)24(26,27)28)19(33)23(31,4)18(32)13-5-8-15(25)9-6-13/h5-11,18,32H,1-4H3/t18-,23+/m0/s1. The average molecular weight is 584 g/mol. The van der Waals surface area contributed by atoms with Crippen LogP contribution in [0.25, 0.3) is 0 Å². The summed E-state index contributed by atoms with van der Waals surface area (Å²) < 4.78 is 46.9. The number of carbonyl (C=O) groups is 2. The molecular formula is C24H21BrF3N3O4S. The van der Waals surface area contributed by atoms with Crippen molar-refractivity contribution in [2.45, 2.75) is 51.1 Å². The second kappa shape index (κ2) is 9.46. The molecule has 2 aromatic carbocycles. The van der Waals surface area contributed by atoms with E-state index in [-0.39, 0.29) is 11.3 Å². The molecule has 1 aliphatic heterocycles. The fraction of sp³-hybridized carbons (Fsp3) is 0.333. The zero-order valence-electron chi connectivity index (χ0n) is 19.6. The molecule has 2 aromatic rings. The minimum atomic E-state index is -4.89. The summed E-state index contributed by atoms with van der Waals surface area (Å²) in [5, 5.41) is 19.9. The summed E-state index contributed by atoms with van der Waals surface area (Å²) in [6, 6.07) is 10.4. The van der Waals surface area contributed by atoms with Gasteiger partial charge in [-0.05, 0) is 75.8 Å². The molecule has 1 N–H and O–H groups in total. The van der Waals surface area contributed by atoms with Crippen LogP contribution < -0.4 is 4.90 Å². The maximum absolute atomic E-state index is 13.8. The number of rotatable bonds is 3. The molecule has 7 nitrogen and oxygen atoms in total. The first kappa shape index (κ1) is 27.6. The molecule has 190 valence electrons. The summed E-state index contributed by atoms with van der Waals surface area (Å²) in [4.78, 5) is 28.5. The third kappa shape index (κ3) is 4.96. The number of nitriles is 1. The number of alkyl halides is 3. The number of hydrogen-bond donors (Lipinski definition) is 1. The van der Waals surface area contributed by atoms with E-state index in [0.29, 0.717) is 10.5 Å². The van der Waals surface area contributed by atoms with Crippen molar-refractivity contribution < 1.29 is 32.6 Å². The maximum Gasteiger partial charge on any atom is 0.417 e. The molecule has 36 heavy (non-hydrogen) atoms. The van der Waals surface area contributed by atoms with Crippen LogP contribution in [0, 0.1) is 11.3 Å². The summed E-state index contributed by atoms with van der Waals surface area (Å²) in [5.74, 6) is -0.952. The number of ether oxygens (including phenoxy) is 1. The van der Waals surface area contributed by atoms with Gasteiger partial charge in [-0.2, -0.15) is 18.4 Å². The molecular weight excluding hydrogens is 563 g/mol. The van der Waals surface area contributed by atoms with Gasteiger partial charge in [-0.25, -0.2) is 9.69 Å². The Morgan fingerprint density at radius 3 is 2.28 bits per heavy atom.